The van der Waals surface area contributed by atoms with Crippen LogP contribution in [0, 0.1) is 5.82 Å². The molecule has 2 heterocycles. The van der Waals surface area contributed by atoms with Gasteiger partial charge in [-0.05, 0) is 29.8 Å². The summed E-state index contributed by atoms with van der Waals surface area (Å²) in [7, 11) is 0. The Kier molecular flexibility index (Phi) is 4.15. The molecular weight excluding hydrogens is 331 g/mol. The number of hydrogen-bond acceptors (Lipinski definition) is 3. The second-order valence-electron chi connectivity index (χ2n) is 5.79. The van der Waals surface area contributed by atoms with Crippen molar-refractivity contribution in [2.75, 3.05) is 0 Å². The van der Waals surface area contributed by atoms with Crippen molar-refractivity contribution < 1.29 is 4.39 Å². The van der Waals surface area contributed by atoms with Crippen LogP contribution in [0.15, 0.2) is 78.0 Å². The largest absolute Gasteiger partial charge is 0.295 e. The van der Waals surface area contributed by atoms with Crippen molar-refractivity contribution in [2.24, 2.45) is 0 Å². The van der Waals surface area contributed by atoms with Gasteiger partial charge in [-0.2, -0.15) is 5.10 Å². The molecule has 6 heteroatoms. The molecule has 5 nitrogen and oxygen atoms in total. The fourth-order valence-corrected chi connectivity index (χ4v) is 2.72. The first-order valence-corrected chi connectivity index (χ1v) is 8.13. The van der Waals surface area contributed by atoms with Gasteiger partial charge < -0.3 is 0 Å². The van der Waals surface area contributed by atoms with E-state index in [-0.39, 0.29) is 11.4 Å². The number of fused-ring (bicyclic) bond motifs is 1. The monoisotopic (exact) mass is 346 g/mol. The van der Waals surface area contributed by atoms with Crippen molar-refractivity contribution in [1.82, 2.24) is 19.3 Å². The average Bonchev–Trinajstić information content (AvgIpc) is 3.10. The molecule has 0 amide bonds. The number of benzene rings is 2. The summed E-state index contributed by atoms with van der Waals surface area (Å²) >= 11 is 0. The highest BCUT2D eigenvalue weighted by molar-refractivity contribution is 5.74. The summed E-state index contributed by atoms with van der Waals surface area (Å²) in [6, 6.07) is 15.7. The lowest BCUT2D eigenvalue weighted by atomic mass is 10.2. The summed E-state index contributed by atoms with van der Waals surface area (Å²) in [5, 5.41) is 4.65. The summed E-state index contributed by atoms with van der Waals surface area (Å²) in [5.41, 5.74) is 2.00. The molecule has 0 fully saturated rings. The Hall–Kier alpha value is -3.54. The molecule has 0 aliphatic rings. The van der Waals surface area contributed by atoms with E-state index in [1.807, 2.05) is 42.5 Å². The van der Waals surface area contributed by atoms with Gasteiger partial charge in [0, 0.05) is 6.54 Å². The van der Waals surface area contributed by atoms with Gasteiger partial charge in [0.25, 0.3) is 5.56 Å². The van der Waals surface area contributed by atoms with Crippen molar-refractivity contribution in [2.45, 2.75) is 6.54 Å². The standard InChI is InChI=1S/C20H15FN4O/c21-16-8-10-17(11-9-16)25-19-18(13-23-25)20(26)24(14-22-19)12-4-7-15-5-2-1-3-6-15/h1-11,13-14H,12H2. The van der Waals surface area contributed by atoms with Gasteiger partial charge in [-0.1, -0.05) is 42.5 Å². The van der Waals surface area contributed by atoms with Crippen molar-refractivity contribution in [3.63, 3.8) is 0 Å². The van der Waals surface area contributed by atoms with E-state index in [0.29, 0.717) is 23.3 Å². The number of aromatic nitrogens is 4. The number of allylic oxidation sites excluding steroid dienone is 1. The van der Waals surface area contributed by atoms with Crippen molar-refractivity contribution in [3.8, 4) is 5.69 Å². The first kappa shape index (κ1) is 16.0. The van der Waals surface area contributed by atoms with E-state index in [1.165, 1.54) is 33.9 Å². The third-order valence-electron chi connectivity index (χ3n) is 4.04. The smallest absolute Gasteiger partial charge is 0.264 e. The maximum Gasteiger partial charge on any atom is 0.264 e. The van der Waals surface area contributed by atoms with Gasteiger partial charge in [0.05, 0.1) is 11.9 Å². The minimum atomic E-state index is -0.328. The summed E-state index contributed by atoms with van der Waals surface area (Å²) < 4.78 is 16.1. The summed E-state index contributed by atoms with van der Waals surface area (Å²) in [4.78, 5) is 17.0. The van der Waals surface area contributed by atoms with E-state index in [2.05, 4.69) is 10.1 Å². The van der Waals surface area contributed by atoms with E-state index in [9.17, 15) is 9.18 Å². The first-order valence-electron chi connectivity index (χ1n) is 8.13. The zero-order valence-corrected chi connectivity index (χ0v) is 13.8. The summed E-state index contributed by atoms with van der Waals surface area (Å²) in [6.07, 6.45) is 6.86. The molecule has 0 atom stereocenters. The molecule has 0 aliphatic carbocycles. The van der Waals surface area contributed by atoms with Gasteiger partial charge in [0.1, 0.15) is 17.5 Å². The molecule has 0 unspecified atom stereocenters. The highest BCUT2D eigenvalue weighted by atomic mass is 19.1. The number of nitrogens with zero attached hydrogens (tertiary/aromatic N) is 4. The molecule has 128 valence electrons. The fraction of sp³-hybridized carbons (Fsp3) is 0.0500. The SMILES string of the molecule is O=c1c2cnn(-c3ccc(F)cc3)c2ncn1CC=Cc1ccccc1. The van der Waals surface area contributed by atoms with E-state index in [0.717, 1.165) is 5.56 Å². The first-order chi connectivity index (χ1) is 12.7. The Morgan fingerprint density at radius 3 is 2.58 bits per heavy atom. The lowest BCUT2D eigenvalue weighted by Crippen LogP contribution is -2.19. The molecular formula is C20H15FN4O. The predicted molar refractivity (Wildman–Crippen MR) is 98.6 cm³/mol. The number of rotatable bonds is 4. The van der Waals surface area contributed by atoms with Crippen molar-refractivity contribution in [1.29, 1.82) is 0 Å². The van der Waals surface area contributed by atoms with Crippen LogP contribution in [0.25, 0.3) is 22.8 Å². The highest BCUT2D eigenvalue weighted by Gasteiger charge is 2.11. The molecule has 0 aliphatic heterocycles. The van der Waals surface area contributed by atoms with Crippen molar-refractivity contribution >= 4 is 17.1 Å². The Balaban J connectivity index is 1.65. The van der Waals surface area contributed by atoms with Crippen LogP contribution in [0.5, 0.6) is 0 Å². The topological polar surface area (TPSA) is 52.7 Å². The maximum atomic E-state index is 13.1. The van der Waals surface area contributed by atoms with E-state index < -0.39 is 0 Å². The van der Waals surface area contributed by atoms with Gasteiger partial charge in [0.2, 0.25) is 0 Å². The van der Waals surface area contributed by atoms with Crippen molar-refractivity contribution in [3.05, 3.63) is 94.9 Å². The van der Waals surface area contributed by atoms with E-state index >= 15 is 0 Å². The summed E-state index contributed by atoms with van der Waals surface area (Å²) in [5.74, 6) is -0.328. The van der Waals surface area contributed by atoms with Crippen LogP contribution in [-0.4, -0.2) is 19.3 Å². The number of halogens is 1. The van der Waals surface area contributed by atoms with Gasteiger partial charge >= 0.3 is 0 Å². The van der Waals surface area contributed by atoms with Gasteiger partial charge in [0.15, 0.2) is 5.65 Å². The Bertz CT molecular complexity index is 1130. The molecule has 26 heavy (non-hydrogen) atoms. The van der Waals surface area contributed by atoms with Crippen LogP contribution in [0.1, 0.15) is 5.56 Å². The van der Waals surface area contributed by atoms with Gasteiger partial charge in [-0.15, -0.1) is 0 Å². The molecule has 2 aromatic carbocycles. The lowest BCUT2D eigenvalue weighted by Gasteiger charge is -2.04. The van der Waals surface area contributed by atoms with Crippen LogP contribution < -0.4 is 5.56 Å². The molecule has 2 aromatic heterocycles. The van der Waals surface area contributed by atoms with Crippen LogP contribution in [0.4, 0.5) is 4.39 Å². The van der Waals surface area contributed by atoms with Crippen LogP contribution in [0.2, 0.25) is 0 Å². The molecule has 0 radical (unpaired) electrons. The lowest BCUT2D eigenvalue weighted by molar-refractivity contribution is 0.627. The fourth-order valence-electron chi connectivity index (χ4n) is 2.72. The molecule has 0 saturated carbocycles. The molecule has 0 saturated heterocycles. The molecule has 0 bridgehead atoms. The molecule has 0 N–H and O–H groups in total. The van der Waals surface area contributed by atoms with Gasteiger partial charge in [-0.3, -0.25) is 9.36 Å². The molecule has 4 aromatic rings. The Labute approximate surface area is 148 Å². The predicted octanol–water partition coefficient (Wildman–Crippen LogP) is 3.43. The third-order valence-corrected chi connectivity index (χ3v) is 4.04. The third kappa shape index (κ3) is 3.04. The normalized spacial score (nSPS) is 11.4. The van der Waals surface area contributed by atoms with Gasteiger partial charge in [-0.25, -0.2) is 14.1 Å². The summed E-state index contributed by atoms with van der Waals surface area (Å²) in [6.45, 7) is 0.415. The van der Waals surface area contributed by atoms with Crippen LogP contribution >= 0.6 is 0 Å². The van der Waals surface area contributed by atoms with E-state index in [4.69, 9.17) is 0 Å². The second-order valence-corrected chi connectivity index (χ2v) is 5.79. The van der Waals surface area contributed by atoms with Crippen LogP contribution in [0.3, 0.4) is 0 Å². The maximum absolute atomic E-state index is 13.1. The molecule has 0 spiro atoms. The minimum Gasteiger partial charge on any atom is -0.295 e. The zero-order chi connectivity index (χ0) is 17.9. The highest BCUT2D eigenvalue weighted by Crippen LogP contribution is 2.14. The quantitative estimate of drug-likeness (QED) is 0.569. The minimum absolute atomic E-state index is 0.166. The zero-order valence-electron chi connectivity index (χ0n) is 13.8. The average molecular weight is 346 g/mol. The number of hydrogen-bond donors (Lipinski definition) is 0. The second kappa shape index (κ2) is 6.76. The Morgan fingerprint density at radius 2 is 1.81 bits per heavy atom. The van der Waals surface area contributed by atoms with E-state index in [1.54, 1.807) is 12.1 Å². The Morgan fingerprint density at radius 1 is 1.04 bits per heavy atom. The van der Waals surface area contributed by atoms with Crippen LogP contribution in [-0.2, 0) is 6.54 Å². The molecule has 4 rings (SSSR count).